The minimum Gasteiger partial charge on any atom is -0.394 e. The predicted molar refractivity (Wildman–Crippen MR) is 173 cm³/mol. The second-order valence-corrected chi connectivity index (χ2v) is 14.2. The van der Waals surface area contributed by atoms with Crippen LogP contribution in [0.3, 0.4) is 0 Å². The van der Waals surface area contributed by atoms with Crippen molar-refractivity contribution in [1.29, 1.82) is 0 Å². The van der Waals surface area contributed by atoms with Crippen molar-refractivity contribution in [3.63, 3.8) is 0 Å². The van der Waals surface area contributed by atoms with Gasteiger partial charge in [-0.3, -0.25) is 0 Å². The molecule has 4 aliphatic rings. The lowest BCUT2D eigenvalue weighted by molar-refractivity contribution is -0.366. The van der Waals surface area contributed by atoms with Gasteiger partial charge in [0.05, 0.1) is 38.0 Å². The minimum atomic E-state index is -1.90. The Morgan fingerprint density at radius 2 is 1.24 bits per heavy atom. The van der Waals surface area contributed by atoms with Crippen LogP contribution in [0.5, 0.6) is 0 Å². The normalized spacial score (nSPS) is 46.5. The van der Waals surface area contributed by atoms with Crippen molar-refractivity contribution < 1.29 is 85.0 Å². The lowest BCUT2D eigenvalue weighted by atomic mass is 9.86. The molecular weight excluding hydrogens is 702 g/mol. The molecule has 13 N–H and O–H groups in total. The molecule has 19 heteroatoms. The first-order valence-electron chi connectivity index (χ1n) is 16.7. The topological polar surface area (TPSA) is 301 Å². The molecule has 0 saturated carbocycles. The van der Waals surface area contributed by atoms with Crippen molar-refractivity contribution in [2.45, 2.75) is 128 Å². The average molecular weight is 752 g/mol. The number of aliphatic hydroxyl groups is 12. The Morgan fingerprint density at radius 3 is 1.84 bits per heavy atom. The van der Waals surface area contributed by atoms with E-state index in [9.17, 15) is 61.3 Å². The highest BCUT2D eigenvalue weighted by molar-refractivity contribution is 7.99. The van der Waals surface area contributed by atoms with Crippen molar-refractivity contribution in [3.8, 4) is 0 Å². The van der Waals surface area contributed by atoms with Gasteiger partial charge in [0.1, 0.15) is 84.8 Å². The Bertz CT molecular complexity index is 1270. The summed E-state index contributed by atoms with van der Waals surface area (Å²) in [5, 5.41) is 129. The molecule has 290 valence electrons. The molecule has 0 spiro atoms. The maximum absolute atomic E-state index is 11.1. The summed E-state index contributed by atoms with van der Waals surface area (Å²) in [4.78, 5) is 0. The molecule has 3 heterocycles. The molecule has 0 amide bonds. The van der Waals surface area contributed by atoms with Gasteiger partial charge in [0.15, 0.2) is 12.6 Å². The van der Waals surface area contributed by atoms with Crippen molar-refractivity contribution in [2.24, 2.45) is 0 Å². The number of ether oxygens (including phenoxy) is 5. The van der Waals surface area contributed by atoms with E-state index in [1.807, 2.05) is 30.3 Å². The number of hydrogen-bond acceptors (Lipinski definition) is 19. The van der Waals surface area contributed by atoms with Gasteiger partial charge in [0.25, 0.3) is 0 Å². The van der Waals surface area contributed by atoms with Crippen LogP contribution in [-0.2, 0) is 29.4 Å². The van der Waals surface area contributed by atoms with Crippen molar-refractivity contribution in [1.82, 2.24) is 5.32 Å². The molecule has 51 heavy (non-hydrogen) atoms. The van der Waals surface area contributed by atoms with Gasteiger partial charge in [-0.1, -0.05) is 36.4 Å². The first kappa shape index (κ1) is 40.8. The molecule has 3 aliphatic heterocycles. The van der Waals surface area contributed by atoms with Crippen LogP contribution in [0.4, 0.5) is 0 Å². The van der Waals surface area contributed by atoms with Crippen LogP contribution in [0.2, 0.25) is 0 Å². The zero-order valence-corrected chi connectivity index (χ0v) is 28.4. The molecule has 3 fully saturated rings. The SMILES string of the molecule is CC1OC(OC2C(CO)OC(OC3C(CO)OC(SCc4ccccc4)C(O)C3O)C(O)C2O)C(O)C(O)C1NC1C=C(CO)C(O)C(O)C1O. The summed E-state index contributed by atoms with van der Waals surface area (Å²) < 4.78 is 28.8. The average Bonchev–Trinajstić information content (AvgIpc) is 3.13. The monoisotopic (exact) mass is 751 g/mol. The highest BCUT2D eigenvalue weighted by Gasteiger charge is 2.53. The Morgan fingerprint density at radius 1 is 0.667 bits per heavy atom. The van der Waals surface area contributed by atoms with Crippen LogP contribution in [0.1, 0.15) is 12.5 Å². The first-order valence-corrected chi connectivity index (χ1v) is 17.7. The van der Waals surface area contributed by atoms with Gasteiger partial charge >= 0.3 is 0 Å². The molecule has 3 saturated heterocycles. The van der Waals surface area contributed by atoms with Crippen LogP contribution >= 0.6 is 11.8 Å². The van der Waals surface area contributed by atoms with E-state index in [0.29, 0.717) is 5.75 Å². The number of thioether (sulfide) groups is 1. The zero-order valence-electron chi connectivity index (χ0n) is 27.6. The molecule has 0 bridgehead atoms. The van der Waals surface area contributed by atoms with Gasteiger partial charge in [-0.25, -0.2) is 0 Å². The Hall–Kier alpha value is -1.41. The third-order valence-corrected chi connectivity index (χ3v) is 10.9. The van der Waals surface area contributed by atoms with E-state index in [4.69, 9.17) is 23.7 Å². The number of nitrogens with one attached hydrogen (secondary N) is 1. The maximum Gasteiger partial charge on any atom is 0.187 e. The van der Waals surface area contributed by atoms with Crippen molar-refractivity contribution in [2.75, 3.05) is 19.8 Å². The summed E-state index contributed by atoms with van der Waals surface area (Å²) in [6.07, 6.45) is -23.7. The maximum atomic E-state index is 11.1. The van der Waals surface area contributed by atoms with E-state index in [1.54, 1.807) is 0 Å². The molecule has 0 radical (unpaired) electrons. The highest BCUT2D eigenvalue weighted by atomic mass is 32.2. The third-order valence-electron chi connectivity index (χ3n) is 9.71. The van der Waals surface area contributed by atoms with E-state index >= 15 is 0 Å². The van der Waals surface area contributed by atoms with E-state index < -0.39 is 135 Å². The van der Waals surface area contributed by atoms with Gasteiger partial charge in [-0.05, 0) is 18.1 Å². The summed E-state index contributed by atoms with van der Waals surface area (Å²) in [6, 6.07) is 7.16. The van der Waals surface area contributed by atoms with Gasteiger partial charge < -0.3 is 90.3 Å². The first-order chi connectivity index (χ1) is 24.3. The molecule has 0 aromatic heterocycles. The van der Waals surface area contributed by atoms with E-state index in [0.717, 1.165) is 5.56 Å². The lowest BCUT2D eigenvalue weighted by Crippen LogP contribution is -2.68. The fourth-order valence-corrected chi connectivity index (χ4v) is 7.82. The standard InChI is InChI=1S/C32H49NO17S/c1-12-18(33-15-7-14(8-34)19(37)22(40)20(15)38)21(39)25(43)30(46-12)49-28-16(9-35)47-31(26(44)23(28)41)50-29-17(10-36)48-32(27(45)24(29)42)51-11-13-5-3-2-4-6-13/h2-7,12,15-45H,8-11H2,1H3. The molecule has 5 rings (SSSR count). The molecule has 1 aliphatic carbocycles. The number of aliphatic hydroxyl groups excluding tert-OH is 12. The quantitative estimate of drug-likeness (QED) is 0.0886. The van der Waals surface area contributed by atoms with Crippen molar-refractivity contribution in [3.05, 3.63) is 47.5 Å². The smallest absolute Gasteiger partial charge is 0.187 e. The lowest BCUT2D eigenvalue weighted by Gasteiger charge is -2.49. The van der Waals surface area contributed by atoms with Crippen LogP contribution in [0, 0.1) is 0 Å². The molecule has 19 unspecified atom stereocenters. The van der Waals surface area contributed by atoms with Crippen LogP contribution in [-0.4, -0.2) is 197 Å². The van der Waals surface area contributed by atoms with E-state index in [-0.39, 0.29) is 5.57 Å². The summed E-state index contributed by atoms with van der Waals surface area (Å²) in [6.45, 7) is -0.568. The highest BCUT2D eigenvalue weighted by Crippen LogP contribution is 2.35. The Labute approximate surface area is 297 Å². The fraction of sp³-hybridized carbons (Fsp3) is 0.750. The Kier molecular flexibility index (Phi) is 14.2. The van der Waals surface area contributed by atoms with Crippen LogP contribution < -0.4 is 5.32 Å². The van der Waals surface area contributed by atoms with Crippen molar-refractivity contribution >= 4 is 11.8 Å². The molecule has 1 aromatic carbocycles. The van der Waals surface area contributed by atoms with Crippen LogP contribution in [0.15, 0.2) is 42.0 Å². The van der Waals surface area contributed by atoms with Gasteiger partial charge in [-0.15, -0.1) is 11.8 Å². The number of rotatable bonds is 12. The fourth-order valence-electron chi connectivity index (χ4n) is 6.69. The molecule has 1 aromatic rings. The summed E-state index contributed by atoms with van der Waals surface area (Å²) in [5.74, 6) is 0.434. The van der Waals surface area contributed by atoms with Gasteiger partial charge in [0, 0.05) is 5.75 Å². The van der Waals surface area contributed by atoms with Gasteiger partial charge in [-0.2, -0.15) is 0 Å². The predicted octanol–water partition coefficient (Wildman–Crippen LogP) is -5.62. The Balaban J connectivity index is 1.20. The minimum absolute atomic E-state index is 0.0312. The summed E-state index contributed by atoms with van der Waals surface area (Å²) >= 11 is 1.20. The van der Waals surface area contributed by atoms with Gasteiger partial charge in [0.2, 0.25) is 0 Å². The van der Waals surface area contributed by atoms with E-state index in [2.05, 4.69) is 5.32 Å². The second kappa shape index (κ2) is 17.8. The molecular formula is C32H49NO17S. The van der Waals surface area contributed by atoms with E-state index in [1.165, 1.54) is 24.8 Å². The molecule has 18 nitrogen and oxygen atoms in total. The summed E-state index contributed by atoms with van der Waals surface area (Å²) in [7, 11) is 0. The molecule has 19 atom stereocenters. The largest absolute Gasteiger partial charge is 0.394 e. The van der Waals surface area contributed by atoms with Crippen LogP contribution in [0.25, 0.3) is 0 Å². The zero-order chi connectivity index (χ0) is 37.1. The third kappa shape index (κ3) is 8.78. The second-order valence-electron chi connectivity index (χ2n) is 13.1. The number of benzene rings is 1. The number of hydrogen-bond donors (Lipinski definition) is 13. The summed E-state index contributed by atoms with van der Waals surface area (Å²) in [5.41, 5.74) is 0.0250.